The summed E-state index contributed by atoms with van der Waals surface area (Å²) in [5.74, 6) is 6.55. The fraction of sp³-hybridized carbons (Fsp3) is 0.600. The molecule has 0 aliphatic carbocycles. The molecule has 3 heteroatoms. The quantitative estimate of drug-likeness (QED) is 0.829. The highest BCUT2D eigenvalue weighted by Gasteiger charge is 2.14. The molecular weight excluding hydrogens is 242 g/mol. The number of hydrogen-bond acceptors (Lipinski definition) is 3. The van der Waals surface area contributed by atoms with Crippen molar-refractivity contribution in [2.24, 2.45) is 5.92 Å². The lowest BCUT2D eigenvalue weighted by Gasteiger charge is -2.18. The van der Waals surface area contributed by atoms with Crippen molar-refractivity contribution in [3.05, 3.63) is 21.9 Å². The number of aliphatic hydroxyl groups excluding tert-OH is 1. The molecule has 1 aliphatic rings. The van der Waals surface area contributed by atoms with E-state index in [0.29, 0.717) is 0 Å². The van der Waals surface area contributed by atoms with Gasteiger partial charge in [-0.25, -0.2) is 0 Å². The molecule has 0 radical (unpaired) electrons. The van der Waals surface area contributed by atoms with Gasteiger partial charge in [-0.15, -0.1) is 11.3 Å². The molecule has 0 saturated carbocycles. The van der Waals surface area contributed by atoms with Gasteiger partial charge in [-0.2, -0.15) is 0 Å². The van der Waals surface area contributed by atoms with Crippen LogP contribution in [0.15, 0.2) is 12.1 Å². The molecule has 1 aromatic rings. The van der Waals surface area contributed by atoms with Gasteiger partial charge in [0.05, 0.1) is 4.88 Å². The fourth-order valence-corrected chi connectivity index (χ4v) is 3.28. The van der Waals surface area contributed by atoms with Crippen molar-refractivity contribution in [3.8, 4) is 11.8 Å². The summed E-state index contributed by atoms with van der Waals surface area (Å²) in [6.45, 7) is 5.79. The van der Waals surface area contributed by atoms with Crippen LogP contribution >= 0.6 is 11.3 Å². The van der Waals surface area contributed by atoms with Gasteiger partial charge in [-0.1, -0.05) is 18.8 Å². The summed E-state index contributed by atoms with van der Waals surface area (Å²) in [6, 6.07) is 4.23. The summed E-state index contributed by atoms with van der Waals surface area (Å²) in [4.78, 5) is 4.99. The van der Waals surface area contributed by atoms with Crippen molar-refractivity contribution in [2.75, 3.05) is 19.7 Å². The highest BCUT2D eigenvalue weighted by atomic mass is 32.1. The average Bonchev–Trinajstić information content (AvgIpc) is 2.70. The fourth-order valence-electron chi connectivity index (χ4n) is 2.36. The average molecular weight is 263 g/mol. The summed E-state index contributed by atoms with van der Waals surface area (Å²) < 4.78 is 0. The Kier molecular flexibility index (Phi) is 5.25. The lowest BCUT2D eigenvalue weighted by Crippen LogP contribution is -2.23. The van der Waals surface area contributed by atoms with Crippen LogP contribution in [0.3, 0.4) is 0 Å². The Bertz CT molecular complexity index is 429. The second-order valence-electron chi connectivity index (χ2n) is 5.04. The molecule has 98 valence electrons. The largest absolute Gasteiger partial charge is 0.384 e. The maximum absolute atomic E-state index is 8.67. The maximum Gasteiger partial charge on any atom is 0.104 e. The van der Waals surface area contributed by atoms with Crippen molar-refractivity contribution in [1.82, 2.24) is 4.90 Å². The topological polar surface area (TPSA) is 23.5 Å². The highest BCUT2D eigenvalue weighted by molar-refractivity contribution is 7.12. The van der Waals surface area contributed by atoms with E-state index in [1.165, 1.54) is 37.2 Å². The van der Waals surface area contributed by atoms with E-state index >= 15 is 0 Å². The van der Waals surface area contributed by atoms with E-state index < -0.39 is 0 Å². The van der Waals surface area contributed by atoms with Gasteiger partial charge in [-0.3, -0.25) is 4.90 Å². The standard InChI is InChI=1S/C15H21NOS/c1-13-4-2-9-16(10-8-13)12-15-7-6-14(18-15)5-3-11-17/h6-7,13,17H,2,4,8-12H2,1H3. The first-order valence-corrected chi connectivity index (χ1v) is 7.50. The van der Waals surface area contributed by atoms with E-state index in [1.54, 1.807) is 11.3 Å². The first-order chi connectivity index (χ1) is 8.78. The van der Waals surface area contributed by atoms with Gasteiger partial charge >= 0.3 is 0 Å². The van der Waals surface area contributed by atoms with Gasteiger partial charge in [-0.05, 0) is 50.4 Å². The monoisotopic (exact) mass is 263 g/mol. The second kappa shape index (κ2) is 6.94. The summed E-state index contributed by atoms with van der Waals surface area (Å²) in [7, 11) is 0. The third-order valence-corrected chi connectivity index (χ3v) is 4.43. The molecule has 18 heavy (non-hydrogen) atoms. The molecular formula is C15H21NOS. The zero-order valence-electron chi connectivity index (χ0n) is 11.0. The van der Waals surface area contributed by atoms with E-state index in [4.69, 9.17) is 5.11 Å². The minimum Gasteiger partial charge on any atom is -0.384 e. The molecule has 1 N–H and O–H groups in total. The van der Waals surface area contributed by atoms with Gasteiger partial charge in [0.25, 0.3) is 0 Å². The summed E-state index contributed by atoms with van der Waals surface area (Å²) in [5.41, 5.74) is 0. The summed E-state index contributed by atoms with van der Waals surface area (Å²) in [6.07, 6.45) is 4.01. The second-order valence-corrected chi connectivity index (χ2v) is 6.21. The molecule has 1 atom stereocenters. The molecule has 2 heterocycles. The van der Waals surface area contributed by atoms with Crippen molar-refractivity contribution >= 4 is 11.3 Å². The molecule has 2 nitrogen and oxygen atoms in total. The van der Waals surface area contributed by atoms with Crippen LogP contribution in [-0.2, 0) is 6.54 Å². The van der Waals surface area contributed by atoms with Crippen LogP contribution in [0.1, 0.15) is 35.9 Å². The van der Waals surface area contributed by atoms with Crippen molar-refractivity contribution in [1.29, 1.82) is 0 Å². The number of likely N-dealkylation sites (tertiary alicyclic amines) is 1. The van der Waals surface area contributed by atoms with Crippen LogP contribution in [0.5, 0.6) is 0 Å². The Hall–Kier alpha value is -0.820. The number of thiophene rings is 1. The Balaban J connectivity index is 1.90. The van der Waals surface area contributed by atoms with Crippen LogP contribution in [0.2, 0.25) is 0 Å². The summed E-state index contributed by atoms with van der Waals surface area (Å²) >= 11 is 1.75. The number of nitrogens with zero attached hydrogens (tertiary/aromatic N) is 1. The highest BCUT2D eigenvalue weighted by Crippen LogP contribution is 2.21. The van der Waals surface area contributed by atoms with Crippen molar-refractivity contribution in [3.63, 3.8) is 0 Å². The molecule has 0 bridgehead atoms. The van der Waals surface area contributed by atoms with Crippen LogP contribution < -0.4 is 0 Å². The number of hydrogen-bond donors (Lipinski definition) is 1. The predicted molar refractivity (Wildman–Crippen MR) is 76.6 cm³/mol. The molecule has 0 spiro atoms. The molecule has 0 amide bonds. The Morgan fingerprint density at radius 1 is 1.39 bits per heavy atom. The number of aliphatic hydroxyl groups is 1. The van der Waals surface area contributed by atoms with Crippen LogP contribution in [0, 0.1) is 17.8 Å². The minimum atomic E-state index is -0.0583. The first kappa shape index (κ1) is 13.6. The number of rotatable bonds is 2. The predicted octanol–water partition coefficient (Wildman–Crippen LogP) is 2.71. The smallest absolute Gasteiger partial charge is 0.104 e. The molecule has 0 aromatic carbocycles. The molecule has 1 fully saturated rings. The lowest BCUT2D eigenvalue weighted by atomic mass is 10.0. The maximum atomic E-state index is 8.67. The first-order valence-electron chi connectivity index (χ1n) is 6.68. The summed E-state index contributed by atoms with van der Waals surface area (Å²) in [5, 5.41) is 8.67. The van der Waals surface area contributed by atoms with E-state index in [9.17, 15) is 0 Å². The third kappa shape index (κ3) is 4.13. The van der Waals surface area contributed by atoms with Crippen LogP contribution in [0.25, 0.3) is 0 Å². The van der Waals surface area contributed by atoms with Gasteiger partial charge in [0, 0.05) is 11.4 Å². The van der Waals surface area contributed by atoms with E-state index in [2.05, 4.69) is 35.8 Å². The molecule has 1 aromatic heterocycles. The molecule has 1 saturated heterocycles. The SMILES string of the molecule is CC1CCCN(Cc2ccc(C#CCO)s2)CC1. The zero-order valence-corrected chi connectivity index (χ0v) is 11.8. The third-order valence-electron chi connectivity index (χ3n) is 3.44. The van der Waals surface area contributed by atoms with Gasteiger partial charge in [0.15, 0.2) is 0 Å². The molecule has 2 rings (SSSR count). The normalized spacial score (nSPS) is 21.1. The van der Waals surface area contributed by atoms with E-state index in [1.807, 2.05) is 0 Å². The van der Waals surface area contributed by atoms with Crippen molar-refractivity contribution < 1.29 is 5.11 Å². The van der Waals surface area contributed by atoms with E-state index in [0.717, 1.165) is 17.3 Å². The van der Waals surface area contributed by atoms with E-state index in [-0.39, 0.29) is 6.61 Å². The Labute approximate surface area is 114 Å². The van der Waals surface area contributed by atoms with Crippen LogP contribution in [0.4, 0.5) is 0 Å². The van der Waals surface area contributed by atoms with Gasteiger partial charge < -0.3 is 5.11 Å². The molecule has 1 unspecified atom stereocenters. The minimum absolute atomic E-state index is 0.0583. The Morgan fingerprint density at radius 3 is 3.11 bits per heavy atom. The lowest BCUT2D eigenvalue weighted by molar-refractivity contribution is 0.276. The van der Waals surface area contributed by atoms with Gasteiger partial charge in [0.1, 0.15) is 6.61 Å². The van der Waals surface area contributed by atoms with Crippen LogP contribution in [-0.4, -0.2) is 29.7 Å². The Morgan fingerprint density at radius 2 is 2.28 bits per heavy atom. The molecule has 1 aliphatic heterocycles. The zero-order chi connectivity index (χ0) is 12.8. The van der Waals surface area contributed by atoms with Gasteiger partial charge in [0.2, 0.25) is 0 Å². The van der Waals surface area contributed by atoms with Crippen molar-refractivity contribution in [2.45, 2.75) is 32.7 Å².